The Labute approximate surface area is 141 Å². The molecule has 0 unspecified atom stereocenters. The number of pyridine rings is 1. The zero-order chi connectivity index (χ0) is 16.8. The fourth-order valence-electron chi connectivity index (χ4n) is 2.45. The lowest BCUT2D eigenvalue weighted by Gasteiger charge is -2.08. The van der Waals surface area contributed by atoms with Crippen molar-refractivity contribution >= 4 is 16.9 Å². The maximum Gasteiger partial charge on any atom is 0.305 e. The third kappa shape index (κ3) is 4.10. The Balaban J connectivity index is 1.58. The molecule has 1 aromatic heterocycles. The fourth-order valence-corrected chi connectivity index (χ4v) is 2.45. The molecule has 3 rings (SSSR count). The Morgan fingerprint density at radius 1 is 1.00 bits per heavy atom. The lowest BCUT2D eigenvalue weighted by atomic mass is 10.1. The van der Waals surface area contributed by atoms with Crippen molar-refractivity contribution in [1.82, 2.24) is 4.98 Å². The predicted molar refractivity (Wildman–Crippen MR) is 92.9 cm³/mol. The lowest BCUT2D eigenvalue weighted by Crippen LogP contribution is -2.02. The first-order valence-corrected chi connectivity index (χ1v) is 7.88. The summed E-state index contributed by atoms with van der Waals surface area (Å²) in [5, 5.41) is 1.12. The number of hydrogen-bond acceptors (Lipinski definition) is 4. The predicted octanol–water partition coefficient (Wildman–Crippen LogP) is 3.92. The Kier molecular flexibility index (Phi) is 5.06. The van der Waals surface area contributed by atoms with Crippen LogP contribution in [0.15, 0.2) is 60.7 Å². The molecule has 4 heteroatoms. The largest absolute Gasteiger partial charge is 0.487 e. The molecule has 0 saturated carbocycles. The third-order valence-corrected chi connectivity index (χ3v) is 3.81. The number of rotatable bonds is 6. The Bertz CT molecular complexity index is 828. The number of aryl methyl sites for hydroxylation is 1. The summed E-state index contributed by atoms with van der Waals surface area (Å²) < 4.78 is 10.4. The van der Waals surface area contributed by atoms with E-state index >= 15 is 0 Å². The maximum absolute atomic E-state index is 11.2. The molecular formula is C20H19NO3. The van der Waals surface area contributed by atoms with Gasteiger partial charge >= 0.3 is 5.97 Å². The van der Waals surface area contributed by atoms with E-state index < -0.39 is 0 Å². The number of benzene rings is 2. The number of methoxy groups -OCH3 is 1. The SMILES string of the molecule is COC(=O)CCc1ccc(OCc2ccc3ccccc3n2)cc1. The molecule has 0 atom stereocenters. The Morgan fingerprint density at radius 2 is 1.79 bits per heavy atom. The van der Waals surface area contributed by atoms with Crippen LogP contribution in [-0.2, 0) is 22.6 Å². The quantitative estimate of drug-likeness (QED) is 0.646. The molecule has 0 aliphatic heterocycles. The summed E-state index contributed by atoms with van der Waals surface area (Å²) in [4.78, 5) is 15.7. The number of carbonyl (C=O) groups excluding carboxylic acids is 1. The second-order valence-corrected chi connectivity index (χ2v) is 5.50. The van der Waals surface area contributed by atoms with E-state index in [4.69, 9.17) is 4.74 Å². The molecule has 1 heterocycles. The van der Waals surface area contributed by atoms with Crippen molar-refractivity contribution in [3.05, 3.63) is 71.9 Å². The minimum absolute atomic E-state index is 0.197. The van der Waals surface area contributed by atoms with Crippen molar-refractivity contribution in [3.8, 4) is 5.75 Å². The number of ether oxygens (including phenoxy) is 2. The number of para-hydroxylation sites is 1. The van der Waals surface area contributed by atoms with Crippen molar-refractivity contribution in [1.29, 1.82) is 0 Å². The van der Waals surface area contributed by atoms with Gasteiger partial charge < -0.3 is 9.47 Å². The van der Waals surface area contributed by atoms with E-state index in [9.17, 15) is 4.79 Å². The summed E-state index contributed by atoms with van der Waals surface area (Å²) in [5.74, 6) is 0.587. The van der Waals surface area contributed by atoms with E-state index in [1.54, 1.807) is 0 Å². The van der Waals surface area contributed by atoms with E-state index in [0.29, 0.717) is 19.4 Å². The highest BCUT2D eigenvalue weighted by molar-refractivity contribution is 5.78. The van der Waals surface area contributed by atoms with Gasteiger partial charge in [-0.25, -0.2) is 4.98 Å². The number of carbonyl (C=O) groups is 1. The van der Waals surface area contributed by atoms with Gasteiger partial charge in [-0.05, 0) is 36.2 Å². The van der Waals surface area contributed by atoms with Gasteiger partial charge in [-0.1, -0.05) is 36.4 Å². The molecule has 3 aromatic rings. The molecule has 0 aliphatic rings. The van der Waals surface area contributed by atoms with Gasteiger partial charge in [0.25, 0.3) is 0 Å². The van der Waals surface area contributed by atoms with E-state index in [-0.39, 0.29) is 5.97 Å². The molecule has 2 aromatic carbocycles. The molecule has 24 heavy (non-hydrogen) atoms. The molecule has 0 fully saturated rings. The highest BCUT2D eigenvalue weighted by Gasteiger charge is 2.03. The van der Waals surface area contributed by atoms with Gasteiger partial charge in [0, 0.05) is 11.8 Å². The molecule has 0 spiro atoms. The summed E-state index contributed by atoms with van der Waals surface area (Å²) in [7, 11) is 1.40. The minimum atomic E-state index is -0.197. The van der Waals surface area contributed by atoms with Crippen molar-refractivity contribution in [2.45, 2.75) is 19.4 Å². The fraction of sp³-hybridized carbons (Fsp3) is 0.200. The second-order valence-electron chi connectivity index (χ2n) is 5.50. The monoisotopic (exact) mass is 321 g/mol. The average Bonchev–Trinajstić information content (AvgIpc) is 2.65. The Hall–Kier alpha value is -2.88. The molecule has 0 radical (unpaired) electrons. The van der Waals surface area contributed by atoms with Gasteiger partial charge in [-0.15, -0.1) is 0 Å². The van der Waals surface area contributed by atoms with Crippen LogP contribution in [0.25, 0.3) is 10.9 Å². The van der Waals surface area contributed by atoms with Crippen molar-refractivity contribution in [2.24, 2.45) is 0 Å². The molecule has 0 bridgehead atoms. The highest BCUT2D eigenvalue weighted by Crippen LogP contribution is 2.16. The van der Waals surface area contributed by atoms with Gasteiger partial charge in [0.15, 0.2) is 0 Å². The zero-order valence-electron chi connectivity index (χ0n) is 13.6. The number of esters is 1. The van der Waals surface area contributed by atoms with Crippen LogP contribution < -0.4 is 4.74 Å². The first kappa shape index (κ1) is 16.0. The van der Waals surface area contributed by atoms with E-state index in [1.165, 1.54) is 7.11 Å². The van der Waals surface area contributed by atoms with E-state index in [0.717, 1.165) is 27.9 Å². The van der Waals surface area contributed by atoms with Crippen LogP contribution in [0.3, 0.4) is 0 Å². The van der Waals surface area contributed by atoms with E-state index in [1.807, 2.05) is 54.6 Å². The standard InChI is InChI=1S/C20H19NO3/c1-23-20(22)13-8-15-6-11-18(12-7-15)24-14-17-10-9-16-4-2-3-5-19(16)21-17/h2-7,9-12H,8,13-14H2,1H3. The van der Waals surface area contributed by atoms with Crippen molar-refractivity contribution in [2.75, 3.05) is 7.11 Å². The molecular weight excluding hydrogens is 302 g/mol. The molecule has 0 N–H and O–H groups in total. The van der Waals surface area contributed by atoms with Crippen LogP contribution in [-0.4, -0.2) is 18.1 Å². The van der Waals surface area contributed by atoms with Crippen LogP contribution in [0.4, 0.5) is 0 Å². The molecule has 0 amide bonds. The highest BCUT2D eigenvalue weighted by atomic mass is 16.5. The molecule has 4 nitrogen and oxygen atoms in total. The summed E-state index contributed by atoms with van der Waals surface area (Å²) in [6, 6.07) is 19.8. The smallest absolute Gasteiger partial charge is 0.305 e. The van der Waals surface area contributed by atoms with Crippen molar-refractivity contribution < 1.29 is 14.3 Å². The van der Waals surface area contributed by atoms with Crippen LogP contribution in [0, 0.1) is 0 Å². The summed E-state index contributed by atoms with van der Waals surface area (Å²) in [6.07, 6.45) is 1.05. The maximum atomic E-state index is 11.2. The first-order valence-electron chi connectivity index (χ1n) is 7.88. The number of aromatic nitrogens is 1. The first-order chi connectivity index (χ1) is 11.7. The summed E-state index contributed by atoms with van der Waals surface area (Å²) in [5.41, 5.74) is 2.94. The van der Waals surface area contributed by atoms with E-state index in [2.05, 4.69) is 15.8 Å². The number of fused-ring (bicyclic) bond motifs is 1. The van der Waals surface area contributed by atoms with Crippen LogP contribution in [0.1, 0.15) is 17.7 Å². The van der Waals surface area contributed by atoms with Gasteiger partial charge in [0.2, 0.25) is 0 Å². The normalized spacial score (nSPS) is 10.5. The second kappa shape index (κ2) is 7.59. The van der Waals surface area contributed by atoms with Gasteiger partial charge in [-0.3, -0.25) is 4.79 Å². The molecule has 122 valence electrons. The van der Waals surface area contributed by atoms with Gasteiger partial charge in [0.05, 0.1) is 18.3 Å². The summed E-state index contributed by atoms with van der Waals surface area (Å²) in [6.45, 7) is 0.423. The van der Waals surface area contributed by atoms with Gasteiger partial charge in [0.1, 0.15) is 12.4 Å². The van der Waals surface area contributed by atoms with Crippen LogP contribution in [0.5, 0.6) is 5.75 Å². The van der Waals surface area contributed by atoms with Crippen LogP contribution >= 0.6 is 0 Å². The number of nitrogens with zero attached hydrogens (tertiary/aromatic N) is 1. The lowest BCUT2D eigenvalue weighted by molar-refractivity contribution is -0.140. The van der Waals surface area contributed by atoms with Gasteiger partial charge in [-0.2, -0.15) is 0 Å². The summed E-state index contributed by atoms with van der Waals surface area (Å²) >= 11 is 0. The minimum Gasteiger partial charge on any atom is -0.487 e. The third-order valence-electron chi connectivity index (χ3n) is 3.81. The van der Waals surface area contributed by atoms with Crippen LogP contribution in [0.2, 0.25) is 0 Å². The zero-order valence-corrected chi connectivity index (χ0v) is 13.6. The topological polar surface area (TPSA) is 48.4 Å². The Morgan fingerprint density at radius 3 is 2.58 bits per heavy atom. The average molecular weight is 321 g/mol. The number of hydrogen-bond donors (Lipinski definition) is 0. The molecule has 0 aliphatic carbocycles. The van der Waals surface area contributed by atoms with Crippen molar-refractivity contribution in [3.63, 3.8) is 0 Å². The molecule has 0 saturated heterocycles.